The molecular weight excluding hydrogens is 288 g/mol. The van der Waals surface area contributed by atoms with Crippen molar-refractivity contribution in [2.45, 2.75) is 39.3 Å². The Balaban J connectivity index is 1.78. The van der Waals surface area contributed by atoms with Crippen molar-refractivity contribution < 1.29 is 9.59 Å². The van der Waals surface area contributed by atoms with Gasteiger partial charge in [0.05, 0.1) is 11.8 Å². The summed E-state index contributed by atoms with van der Waals surface area (Å²) in [4.78, 5) is 24.0. The molecule has 0 bridgehead atoms. The van der Waals surface area contributed by atoms with Gasteiger partial charge >= 0.3 is 0 Å². The van der Waals surface area contributed by atoms with Gasteiger partial charge in [0, 0.05) is 17.1 Å². The number of nitrogens with one attached hydrogen (secondary N) is 2. The normalized spacial score (nSPS) is 20.8. The fourth-order valence-electron chi connectivity index (χ4n) is 2.16. The molecule has 0 radical (unpaired) electrons. The Morgan fingerprint density at radius 3 is 2.29 bits per heavy atom. The molecule has 2 unspecified atom stereocenters. The molecule has 114 valence electrons. The first-order valence-corrected chi connectivity index (χ1v) is 7.48. The lowest BCUT2D eigenvalue weighted by molar-refractivity contribution is -0.128. The number of amides is 2. The molecule has 1 saturated carbocycles. The van der Waals surface area contributed by atoms with Crippen LogP contribution in [0, 0.1) is 11.8 Å². The summed E-state index contributed by atoms with van der Waals surface area (Å²) in [5, 5.41) is 6.45. The van der Waals surface area contributed by atoms with Gasteiger partial charge in [0.2, 0.25) is 11.8 Å². The highest BCUT2D eigenvalue weighted by molar-refractivity contribution is 6.30. The minimum Gasteiger partial charge on any atom is -0.352 e. The fraction of sp³-hybridized carbons (Fsp3) is 0.500. The molecular formula is C16H21ClN2O2. The number of hydrogen-bond donors (Lipinski definition) is 2. The van der Waals surface area contributed by atoms with Crippen LogP contribution in [0.4, 0.5) is 0 Å². The van der Waals surface area contributed by atoms with Crippen LogP contribution in [-0.4, -0.2) is 17.4 Å². The number of carbonyl (C=O) groups excluding carboxylic acids is 2. The Morgan fingerprint density at radius 1 is 1.14 bits per heavy atom. The predicted molar refractivity (Wildman–Crippen MR) is 82.8 cm³/mol. The molecule has 2 amide bonds. The van der Waals surface area contributed by atoms with E-state index in [1.165, 1.54) is 0 Å². The third-order valence-corrected chi connectivity index (χ3v) is 3.59. The molecule has 1 aliphatic rings. The minimum absolute atomic E-state index is 0.0332. The minimum atomic E-state index is -0.260. The molecule has 1 fully saturated rings. The van der Waals surface area contributed by atoms with Crippen molar-refractivity contribution in [3.8, 4) is 0 Å². The highest BCUT2D eigenvalue weighted by atomic mass is 35.5. The Bertz CT molecular complexity index is 534. The van der Waals surface area contributed by atoms with Crippen LogP contribution in [0.5, 0.6) is 0 Å². The van der Waals surface area contributed by atoms with Gasteiger partial charge in [0.15, 0.2) is 0 Å². The van der Waals surface area contributed by atoms with Crippen molar-refractivity contribution in [2.75, 3.05) is 0 Å². The van der Waals surface area contributed by atoms with Gasteiger partial charge in [0.25, 0.3) is 0 Å². The van der Waals surface area contributed by atoms with Crippen LogP contribution >= 0.6 is 11.6 Å². The smallest absolute Gasteiger partial charge is 0.224 e. The first kappa shape index (κ1) is 15.8. The summed E-state index contributed by atoms with van der Waals surface area (Å²) in [6, 6.07) is 7.33. The number of rotatable bonds is 4. The van der Waals surface area contributed by atoms with Crippen molar-refractivity contribution in [1.82, 2.24) is 10.6 Å². The summed E-state index contributed by atoms with van der Waals surface area (Å²) in [5.74, 6) is -0.470. The summed E-state index contributed by atoms with van der Waals surface area (Å²) in [7, 11) is 0. The zero-order chi connectivity index (χ0) is 15.6. The molecule has 1 aliphatic carbocycles. The van der Waals surface area contributed by atoms with E-state index in [0.29, 0.717) is 18.0 Å². The SMILES string of the molecule is CC(C)(C)NC(=O)C1CC1C(=O)NCc1ccc(Cl)cc1. The van der Waals surface area contributed by atoms with Crippen LogP contribution in [0.1, 0.15) is 32.8 Å². The van der Waals surface area contributed by atoms with Gasteiger partial charge in [-0.25, -0.2) is 0 Å². The van der Waals surface area contributed by atoms with E-state index in [4.69, 9.17) is 11.6 Å². The molecule has 2 atom stereocenters. The van der Waals surface area contributed by atoms with E-state index in [-0.39, 0.29) is 29.2 Å². The monoisotopic (exact) mass is 308 g/mol. The van der Waals surface area contributed by atoms with Crippen molar-refractivity contribution in [3.05, 3.63) is 34.9 Å². The average Bonchev–Trinajstić information content (AvgIpc) is 3.16. The second kappa shape index (κ2) is 6.06. The van der Waals surface area contributed by atoms with Crippen LogP contribution in [0.15, 0.2) is 24.3 Å². The van der Waals surface area contributed by atoms with Crippen LogP contribution in [0.25, 0.3) is 0 Å². The van der Waals surface area contributed by atoms with E-state index in [1.54, 1.807) is 12.1 Å². The topological polar surface area (TPSA) is 58.2 Å². The number of benzene rings is 1. The largest absolute Gasteiger partial charge is 0.352 e. The number of halogens is 1. The van der Waals surface area contributed by atoms with E-state index in [1.807, 2.05) is 32.9 Å². The maximum atomic E-state index is 12.0. The summed E-state index contributed by atoms with van der Waals surface area (Å²) >= 11 is 5.81. The molecule has 2 rings (SSSR count). The van der Waals surface area contributed by atoms with Crippen LogP contribution in [0.2, 0.25) is 5.02 Å². The van der Waals surface area contributed by atoms with Gasteiger partial charge in [-0.2, -0.15) is 0 Å². The Kier molecular flexibility index (Phi) is 4.57. The highest BCUT2D eigenvalue weighted by Crippen LogP contribution is 2.39. The Labute approximate surface area is 130 Å². The van der Waals surface area contributed by atoms with E-state index in [2.05, 4.69) is 10.6 Å². The first-order chi connectivity index (χ1) is 9.76. The lowest BCUT2D eigenvalue weighted by Gasteiger charge is -2.20. The molecule has 0 heterocycles. The van der Waals surface area contributed by atoms with Crippen molar-refractivity contribution in [3.63, 3.8) is 0 Å². The molecule has 5 heteroatoms. The molecule has 4 nitrogen and oxygen atoms in total. The van der Waals surface area contributed by atoms with E-state index < -0.39 is 0 Å². The van der Waals surface area contributed by atoms with Crippen molar-refractivity contribution >= 4 is 23.4 Å². The van der Waals surface area contributed by atoms with Crippen LogP contribution in [0.3, 0.4) is 0 Å². The first-order valence-electron chi connectivity index (χ1n) is 7.10. The molecule has 0 saturated heterocycles. The van der Waals surface area contributed by atoms with Gasteiger partial charge in [-0.15, -0.1) is 0 Å². The number of carbonyl (C=O) groups is 2. The van der Waals surface area contributed by atoms with Crippen LogP contribution in [-0.2, 0) is 16.1 Å². The highest BCUT2D eigenvalue weighted by Gasteiger charge is 2.48. The van der Waals surface area contributed by atoms with E-state index >= 15 is 0 Å². The average molecular weight is 309 g/mol. The summed E-state index contributed by atoms with van der Waals surface area (Å²) in [5.41, 5.74) is 0.730. The van der Waals surface area contributed by atoms with E-state index in [9.17, 15) is 9.59 Å². The lowest BCUT2D eigenvalue weighted by Crippen LogP contribution is -2.42. The molecule has 1 aromatic carbocycles. The maximum Gasteiger partial charge on any atom is 0.224 e. The maximum absolute atomic E-state index is 12.0. The third kappa shape index (κ3) is 4.74. The van der Waals surface area contributed by atoms with E-state index in [0.717, 1.165) is 5.56 Å². The van der Waals surface area contributed by atoms with Gasteiger partial charge in [-0.05, 0) is 44.9 Å². The zero-order valence-electron chi connectivity index (χ0n) is 12.6. The molecule has 0 aliphatic heterocycles. The molecule has 0 aromatic heterocycles. The molecule has 21 heavy (non-hydrogen) atoms. The molecule has 2 N–H and O–H groups in total. The zero-order valence-corrected chi connectivity index (χ0v) is 13.3. The Morgan fingerprint density at radius 2 is 1.71 bits per heavy atom. The summed E-state index contributed by atoms with van der Waals surface area (Å²) in [6.45, 7) is 6.26. The van der Waals surface area contributed by atoms with Gasteiger partial charge in [-0.1, -0.05) is 23.7 Å². The summed E-state index contributed by atoms with van der Waals surface area (Å²) in [6.07, 6.45) is 0.633. The molecule has 1 aromatic rings. The van der Waals surface area contributed by atoms with Crippen molar-refractivity contribution in [2.24, 2.45) is 11.8 Å². The van der Waals surface area contributed by atoms with Crippen molar-refractivity contribution in [1.29, 1.82) is 0 Å². The third-order valence-electron chi connectivity index (χ3n) is 3.34. The van der Waals surface area contributed by atoms with Gasteiger partial charge in [-0.3, -0.25) is 9.59 Å². The second-order valence-electron chi connectivity index (χ2n) is 6.53. The Hall–Kier alpha value is -1.55. The standard InChI is InChI=1S/C16H21ClN2O2/c1-16(2,3)19-15(21)13-8-12(13)14(20)18-9-10-4-6-11(17)7-5-10/h4-7,12-13H,8-9H2,1-3H3,(H,18,20)(H,19,21). The number of hydrogen-bond acceptors (Lipinski definition) is 2. The van der Waals surface area contributed by atoms with Gasteiger partial charge < -0.3 is 10.6 Å². The van der Waals surface area contributed by atoms with Crippen LogP contribution < -0.4 is 10.6 Å². The van der Waals surface area contributed by atoms with Gasteiger partial charge in [0.1, 0.15) is 0 Å². The fourth-order valence-corrected chi connectivity index (χ4v) is 2.29. The quantitative estimate of drug-likeness (QED) is 0.898. The predicted octanol–water partition coefficient (Wildman–Crippen LogP) is 2.51. The molecule has 0 spiro atoms. The summed E-state index contributed by atoms with van der Waals surface area (Å²) < 4.78 is 0. The second-order valence-corrected chi connectivity index (χ2v) is 6.97. The lowest BCUT2D eigenvalue weighted by atomic mass is 10.1.